The van der Waals surface area contributed by atoms with E-state index in [-0.39, 0.29) is 35.7 Å². The van der Waals surface area contributed by atoms with Crippen LogP contribution < -0.4 is 15.4 Å². The van der Waals surface area contributed by atoms with Crippen molar-refractivity contribution in [3.63, 3.8) is 0 Å². The number of aliphatic hydroxyl groups is 1. The zero-order valence-electron chi connectivity index (χ0n) is 23.9. The van der Waals surface area contributed by atoms with E-state index in [0.717, 1.165) is 31.2 Å². The first-order valence-electron chi connectivity index (χ1n) is 14.7. The van der Waals surface area contributed by atoms with Crippen LogP contribution in [0.2, 0.25) is 0 Å². The molecule has 3 N–H and O–H groups in total. The number of rotatable bonds is 14. The van der Waals surface area contributed by atoms with E-state index >= 15 is 0 Å². The van der Waals surface area contributed by atoms with Gasteiger partial charge < -0.3 is 25.2 Å². The molecule has 1 aromatic rings. The molecule has 220 valence electrons. The number of nitrogens with one attached hydrogen (secondary N) is 2. The van der Waals surface area contributed by atoms with Crippen LogP contribution in [0.5, 0.6) is 5.75 Å². The lowest BCUT2D eigenvalue weighted by Gasteiger charge is -2.26. The van der Waals surface area contributed by atoms with Gasteiger partial charge in [0.15, 0.2) is 11.6 Å². The van der Waals surface area contributed by atoms with Gasteiger partial charge >= 0.3 is 0 Å². The zero-order valence-corrected chi connectivity index (χ0v) is 23.9. The van der Waals surface area contributed by atoms with Gasteiger partial charge in [-0.15, -0.1) is 0 Å². The second-order valence-electron chi connectivity index (χ2n) is 12.1. The summed E-state index contributed by atoms with van der Waals surface area (Å²) in [5.74, 6) is -0.914. The van der Waals surface area contributed by atoms with Crippen LogP contribution in [0.25, 0.3) is 0 Å². The Balaban J connectivity index is 1.46. The largest absolute Gasteiger partial charge is 0.497 e. The Morgan fingerprint density at radius 1 is 1.07 bits per heavy atom. The molecule has 2 amide bonds. The van der Waals surface area contributed by atoms with Crippen molar-refractivity contribution in [2.45, 2.75) is 102 Å². The van der Waals surface area contributed by atoms with Crippen LogP contribution in [0.3, 0.4) is 0 Å². The van der Waals surface area contributed by atoms with Crippen LogP contribution in [-0.4, -0.2) is 66.0 Å². The van der Waals surface area contributed by atoms with E-state index in [9.17, 15) is 24.3 Å². The number of amides is 2. The highest BCUT2D eigenvalue weighted by molar-refractivity contribution is 5.98. The van der Waals surface area contributed by atoms with Crippen molar-refractivity contribution in [3.05, 3.63) is 29.8 Å². The molecule has 0 bridgehead atoms. The van der Waals surface area contributed by atoms with E-state index in [1.807, 2.05) is 24.3 Å². The smallest absolute Gasteiger partial charge is 0.224 e. The first kappa shape index (κ1) is 30.2. The van der Waals surface area contributed by atoms with Crippen LogP contribution in [-0.2, 0) is 30.3 Å². The van der Waals surface area contributed by atoms with E-state index in [2.05, 4.69) is 10.6 Å². The lowest BCUT2D eigenvalue weighted by Crippen LogP contribution is -2.50. The fraction of sp³-hybridized carbons (Fsp3) is 0.677. The summed E-state index contributed by atoms with van der Waals surface area (Å²) in [5.41, 5.74) is 0.00585. The maximum absolute atomic E-state index is 13.7. The second-order valence-corrected chi connectivity index (χ2v) is 12.1. The molecule has 4 rings (SSSR count). The monoisotopic (exact) mass is 556 g/mol. The first-order valence-corrected chi connectivity index (χ1v) is 14.7. The van der Waals surface area contributed by atoms with Gasteiger partial charge in [-0.25, -0.2) is 0 Å². The number of aliphatic hydroxyl groups excluding tert-OH is 1. The van der Waals surface area contributed by atoms with Gasteiger partial charge in [0.1, 0.15) is 11.4 Å². The number of epoxide rings is 1. The van der Waals surface area contributed by atoms with Crippen molar-refractivity contribution >= 4 is 23.4 Å². The van der Waals surface area contributed by atoms with Crippen molar-refractivity contribution in [2.75, 3.05) is 13.7 Å². The summed E-state index contributed by atoms with van der Waals surface area (Å²) in [6.45, 7) is 3.74. The van der Waals surface area contributed by atoms with Gasteiger partial charge in [0.25, 0.3) is 0 Å². The van der Waals surface area contributed by atoms with E-state index in [4.69, 9.17) is 9.47 Å². The van der Waals surface area contributed by atoms with Crippen molar-refractivity contribution < 1.29 is 33.8 Å². The molecule has 0 spiro atoms. The summed E-state index contributed by atoms with van der Waals surface area (Å²) in [5, 5.41) is 15.6. The molecule has 6 atom stereocenters. The van der Waals surface area contributed by atoms with Crippen molar-refractivity contribution in [3.8, 4) is 5.75 Å². The topological polar surface area (TPSA) is 134 Å². The molecule has 9 heteroatoms. The molecular weight excluding hydrogens is 512 g/mol. The molecule has 1 aromatic carbocycles. The highest BCUT2D eigenvalue weighted by Crippen LogP contribution is 2.34. The fourth-order valence-corrected chi connectivity index (χ4v) is 6.05. The molecule has 1 saturated heterocycles. The Kier molecular flexibility index (Phi) is 10.0. The van der Waals surface area contributed by atoms with Crippen LogP contribution >= 0.6 is 0 Å². The number of ketones is 2. The molecule has 40 heavy (non-hydrogen) atoms. The molecule has 2 aliphatic carbocycles. The van der Waals surface area contributed by atoms with Gasteiger partial charge in [-0.2, -0.15) is 0 Å². The van der Waals surface area contributed by atoms with Crippen LogP contribution in [0, 0.1) is 17.8 Å². The molecule has 3 fully saturated rings. The maximum atomic E-state index is 13.7. The summed E-state index contributed by atoms with van der Waals surface area (Å²) in [6.07, 6.45) is 6.23. The summed E-state index contributed by atoms with van der Waals surface area (Å²) >= 11 is 0. The molecule has 1 aliphatic heterocycles. The number of hydrogen-bond acceptors (Lipinski definition) is 7. The molecule has 3 aliphatic rings. The molecule has 1 heterocycles. The third-order valence-corrected chi connectivity index (χ3v) is 8.85. The lowest BCUT2D eigenvalue weighted by atomic mass is 9.88. The number of hydrogen-bond donors (Lipinski definition) is 3. The average molecular weight is 557 g/mol. The summed E-state index contributed by atoms with van der Waals surface area (Å²) in [6, 6.07) is 5.90. The number of benzene rings is 1. The Morgan fingerprint density at radius 2 is 1.75 bits per heavy atom. The van der Waals surface area contributed by atoms with Gasteiger partial charge in [0, 0.05) is 18.3 Å². The van der Waals surface area contributed by atoms with Crippen LogP contribution in [0.15, 0.2) is 24.3 Å². The van der Waals surface area contributed by atoms with E-state index in [0.29, 0.717) is 50.4 Å². The predicted molar refractivity (Wildman–Crippen MR) is 149 cm³/mol. The molecule has 0 unspecified atom stereocenters. The number of Topliss-reactive ketones (excluding diaryl/α,β-unsaturated/α-hetero) is 2. The molecular formula is C31H44N2O7. The summed E-state index contributed by atoms with van der Waals surface area (Å²) in [4.78, 5) is 53.0. The third-order valence-electron chi connectivity index (χ3n) is 8.85. The van der Waals surface area contributed by atoms with Crippen LogP contribution in [0.1, 0.15) is 77.2 Å². The van der Waals surface area contributed by atoms with Gasteiger partial charge in [-0.3, -0.25) is 19.2 Å². The van der Waals surface area contributed by atoms with Gasteiger partial charge in [-0.05, 0) is 69.6 Å². The van der Waals surface area contributed by atoms with Gasteiger partial charge in [0.05, 0.1) is 31.9 Å². The second kappa shape index (κ2) is 13.3. The standard InChI is InChI=1S/C31H44N2O7/c1-19(32-29(37)22-10-11-24(34)16-22)27(35)17-23(14-21-8-12-25(39-3)13-9-21)30(38)33-26(15-20-6-4-5-7-20)28(36)31(2)18-40-31/h8-9,12-13,19-20,22-24,26,34H,4-7,10-11,14-18H2,1-3H3,(H,32,37)(H,33,38)/t19-,22-,23-,24+,26+,31-/m1/s1. The Bertz CT molecular complexity index is 1060. The minimum Gasteiger partial charge on any atom is -0.497 e. The molecule has 0 aromatic heterocycles. The van der Waals surface area contributed by atoms with E-state index < -0.39 is 29.7 Å². The minimum atomic E-state index is -0.857. The number of ether oxygens (including phenoxy) is 2. The quantitative estimate of drug-likeness (QED) is 0.300. The summed E-state index contributed by atoms with van der Waals surface area (Å²) < 4.78 is 10.7. The molecule has 9 nitrogen and oxygen atoms in total. The molecule has 0 radical (unpaired) electrons. The highest BCUT2D eigenvalue weighted by Gasteiger charge is 2.50. The number of carbonyl (C=O) groups excluding carboxylic acids is 4. The Labute approximate surface area is 236 Å². The number of carbonyl (C=O) groups is 4. The minimum absolute atomic E-state index is 0.0787. The van der Waals surface area contributed by atoms with Gasteiger partial charge in [0.2, 0.25) is 11.8 Å². The zero-order chi connectivity index (χ0) is 28.9. The number of methoxy groups -OCH3 is 1. The Hall–Kier alpha value is -2.78. The third kappa shape index (κ3) is 7.91. The van der Waals surface area contributed by atoms with E-state index in [1.54, 1.807) is 21.0 Å². The van der Waals surface area contributed by atoms with Crippen molar-refractivity contribution in [2.24, 2.45) is 17.8 Å². The maximum Gasteiger partial charge on any atom is 0.224 e. The SMILES string of the molecule is COc1ccc(C[C@H](CC(=O)[C@@H](C)NC(=O)[C@@H]2CC[C@H](O)C2)C(=O)N[C@@H](CC2CCCC2)C(=O)[C@@]2(C)CO2)cc1. The molecule has 2 saturated carbocycles. The fourth-order valence-electron chi connectivity index (χ4n) is 6.05. The van der Waals surface area contributed by atoms with Crippen molar-refractivity contribution in [1.29, 1.82) is 0 Å². The van der Waals surface area contributed by atoms with Gasteiger partial charge in [-0.1, -0.05) is 37.8 Å². The average Bonchev–Trinajstić information content (AvgIpc) is 3.28. The van der Waals surface area contributed by atoms with Crippen molar-refractivity contribution in [1.82, 2.24) is 10.6 Å². The highest BCUT2D eigenvalue weighted by atomic mass is 16.6. The Morgan fingerprint density at radius 3 is 2.33 bits per heavy atom. The van der Waals surface area contributed by atoms with E-state index in [1.165, 1.54) is 0 Å². The predicted octanol–water partition coefficient (Wildman–Crippen LogP) is 2.90. The lowest BCUT2D eigenvalue weighted by molar-refractivity contribution is -0.135. The normalized spacial score (nSPS) is 26.5. The first-order chi connectivity index (χ1) is 19.1. The van der Waals surface area contributed by atoms with Crippen LogP contribution in [0.4, 0.5) is 0 Å². The summed E-state index contributed by atoms with van der Waals surface area (Å²) in [7, 11) is 1.58.